The molecule has 2 saturated carbocycles. The van der Waals surface area contributed by atoms with Gasteiger partial charge in [0.1, 0.15) is 6.04 Å². The third-order valence-corrected chi connectivity index (χ3v) is 4.89. The standard InChI is InChI=1S/C16H28N2O3/c1-12(19)18-14(13-7-3-4-8-13)15(20)17-11-16(21)9-5-2-6-10-16/h13-14,21H,2-11H2,1H3,(H,17,20)(H,18,19). The zero-order valence-electron chi connectivity index (χ0n) is 13.0. The van der Waals surface area contributed by atoms with Crippen molar-refractivity contribution in [2.75, 3.05) is 6.54 Å². The Morgan fingerprint density at radius 1 is 1.14 bits per heavy atom. The van der Waals surface area contributed by atoms with Crippen LogP contribution < -0.4 is 10.6 Å². The molecule has 2 fully saturated rings. The number of nitrogens with one attached hydrogen (secondary N) is 2. The summed E-state index contributed by atoms with van der Waals surface area (Å²) in [5.41, 5.74) is -0.760. The van der Waals surface area contributed by atoms with Gasteiger partial charge in [-0.2, -0.15) is 0 Å². The van der Waals surface area contributed by atoms with Gasteiger partial charge in [0.15, 0.2) is 0 Å². The number of hydrogen-bond acceptors (Lipinski definition) is 3. The second-order valence-electron chi connectivity index (χ2n) is 6.73. The van der Waals surface area contributed by atoms with Crippen LogP contribution in [-0.2, 0) is 9.59 Å². The summed E-state index contributed by atoms with van der Waals surface area (Å²) in [6.45, 7) is 1.75. The van der Waals surface area contributed by atoms with Crippen molar-refractivity contribution < 1.29 is 14.7 Å². The highest BCUT2D eigenvalue weighted by atomic mass is 16.3. The van der Waals surface area contributed by atoms with Gasteiger partial charge in [-0.05, 0) is 31.6 Å². The highest BCUT2D eigenvalue weighted by molar-refractivity contribution is 5.87. The van der Waals surface area contributed by atoms with Crippen molar-refractivity contribution in [2.24, 2.45) is 5.92 Å². The fourth-order valence-electron chi connectivity index (χ4n) is 3.66. The molecule has 5 heteroatoms. The highest BCUT2D eigenvalue weighted by Crippen LogP contribution is 2.29. The molecule has 3 N–H and O–H groups in total. The van der Waals surface area contributed by atoms with Crippen molar-refractivity contribution >= 4 is 11.8 Å². The van der Waals surface area contributed by atoms with Gasteiger partial charge in [0.2, 0.25) is 11.8 Å². The van der Waals surface area contributed by atoms with E-state index in [1.54, 1.807) is 0 Å². The lowest BCUT2D eigenvalue weighted by atomic mass is 9.84. The molecular formula is C16H28N2O3. The molecule has 0 spiro atoms. The summed E-state index contributed by atoms with van der Waals surface area (Å²) in [7, 11) is 0. The zero-order valence-corrected chi connectivity index (χ0v) is 13.0. The minimum atomic E-state index is -0.760. The van der Waals surface area contributed by atoms with Crippen LogP contribution >= 0.6 is 0 Å². The van der Waals surface area contributed by atoms with Crippen LogP contribution in [-0.4, -0.2) is 35.1 Å². The third-order valence-electron chi connectivity index (χ3n) is 4.89. The van der Waals surface area contributed by atoms with Gasteiger partial charge in [-0.3, -0.25) is 9.59 Å². The Kier molecular flexibility index (Phi) is 5.62. The molecule has 0 aromatic rings. The first kappa shape index (κ1) is 16.3. The molecule has 0 heterocycles. The summed E-state index contributed by atoms with van der Waals surface area (Å²) in [6.07, 6.45) is 8.92. The number of carbonyl (C=O) groups is 2. The number of hydrogen-bond donors (Lipinski definition) is 3. The van der Waals surface area contributed by atoms with Crippen molar-refractivity contribution in [3.05, 3.63) is 0 Å². The Labute approximate surface area is 126 Å². The van der Waals surface area contributed by atoms with Gasteiger partial charge in [0.25, 0.3) is 0 Å². The van der Waals surface area contributed by atoms with Gasteiger partial charge in [-0.15, -0.1) is 0 Å². The molecule has 0 aromatic carbocycles. The molecular weight excluding hydrogens is 268 g/mol. The summed E-state index contributed by atoms with van der Waals surface area (Å²) >= 11 is 0. The van der Waals surface area contributed by atoms with Crippen molar-refractivity contribution in [1.82, 2.24) is 10.6 Å². The number of rotatable bonds is 5. The SMILES string of the molecule is CC(=O)NC(C(=O)NCC1(O)CCCCC1)C1CCCC1. The average Bonchev–Trinajstić information content (AvgIpc) is 2.97. The summed E-state index contributed by atoms with van der Waals surface area (Å²) < 4.78 is 0. The second kappa shape index (κ2) is 7.25. The topological polar surface area (TPSA) is 78.4 Å². The summed E-state index contributed by atoms with van der Waals surface area (Å²) in [6, 6.07) is -0.447. The molecule has 0 saturated heterocycles. The molecule has 120 valence electrons. The van der Waals surface area contributed by atoms with E-state index in [0.29, 0.717) is 6.54 Å². The van der Waals surface area contributed by atoms with Gasteiger partial charge in [0, 0.05) is 13.5 Å². The predicted octanol–water partition coefficient (Wildman–Crippen LogP) is 1.49. The maximum absolute atomic E-state index is 12.4. The van der Waals surface area contributed by atoms with E-state index >= 15 is 0 Å². The molecule has 21 heavy (non-hydrogen) atoms. The highest BCUT2D eigenvalue weighted by Gasteiger charge is 2.34. The van der Waals surface area contributed by atoms with Gasteiger partial charge in [-0.1, -0.05) is 32.1 Å². The zero-order chi connectivity index (χ0) is 15.3. The summed E-state index contributed by atoms with van der Waals surface area (Å²) in [5, 5.41) is 16.1. The van der Waals surface area contributed by atoms with E-state index < -0.39 is 11.6 Å². The average molecular weight is 296 g/mol. The molecule has 0 aliphatic heterocycles. The molecule has 2 aliphatic carbocycles. The summed E-state index contributed by atoms with van der Waals surface area (Å²) in [5.74, 6) is -0.0792. The minimum Gasteiger partial charge on any atom is -0.388 e. The Bertz CT molecular complexity index is 372. The van der Waals surface area contributed by atoms with Crippen LogP contribution in [0.25, 0.3) is 0 Å². The van der Waals surface area contributed by atoms with Crippen LogP contribution in [0.4, 0.5) is 0 Å². The Hall–Kier alpha value is -1.10. The molecule has 0 bridgehead atoms. The fraction of sp³-hybridized carbons (Fsp3) is 0.875. The molecule has 2 amide bonds. The van der Waals surface area contributed by atoms with E-state index in [1.165, 1.54) is 6.92 Å². The van der Waals surface area contributed by atoms with E-state index in [1.807, 2.05) is 0 Å². The molecule has 0 aromatic heterocycles. The quantitative estimate of drug-likeness (QED) is 0.719. The first-order chi connectivity index (χ1) is 10.0. The van der Waals surface area contributed by atoms with E-state index in [2.05, 4.69) is 10.6 Å². The molecule has 2 aliphatic rings. The molecule has 1 unspecified atom stereocenters. The molecule has 1 atom stereocenters. The smallest absolute Gasteiger partial charge is 0.242 e. The Morgan fingerprint density at radius 3 is 2.33 bits per heavy atom. The van der Waals surface area contributed by atoms with Crippen molar-refractivity contribution in [2.45, 2.75) is 76.4 Å². The van der Waals surface area contributed by atoms with Crippen molar-refractivity contribution in [1.29, 1.82) is 0 Å². The first-order valence-electron chi connectivity index (χ1n) is 8.27. The van der Waals surface area contributed by atoms with E-state index in [4.69, 9.17) is 0 Å². The van der Waals surface area contributed by atoms with E-state index in [-0.39, 0.29) is 17.7 Å². The maximum Gasteiger partial charge on any atom is 0.242 e. The van der Waals surface area contributed by atoms with Crippen LogP contribution in [0.5, 0.6) is 0 Å². The molecule has 0 radical (unpaired) electrons. The maximum atomic E-state index is 12.4. The Balaban J connectivity index is 1.89. The normalized spacial score (nSPS) is 23.5. The monoisotopic (exact) mass is 296 g/mol. The predicted molar refractivity (Wildman–Crippen MR) is 80.6 cm³/mol. The van der Waals surface area contributed by atoms with Crippen molar-refractivity contribution in [3.8, 4) is 0 Å². The largest absolute Gasteiger partial charge is 0.388 e. The van der Waals surface area contributed by atoms with Crippen LogP contribution in [0.1, 0.15) is 64.7 Å². The number of aliphatic hydroxyl groups is 1. The second-order valence-corrected chi connectivity index (χ2v) is 6.73. The van der Waals surface area contributed by atoms with Crippen LogP contribution in [0.3, 0.4) is 0 Å². The summed E-state index contributed by atoms with van der Waals surface area (Å²) in [4.78, 5) is 23.8. The van der Waals surface area contributed by atoms with Crippen LogP contribution in [0, 0.1) is 5.92 Å². The van der Waals surface area contributed by atoms with E-state index in [0.717, 1.165) is 57.8 Å². The van der Waals surface area contributed by atoms with Crippen molar-refractivity contribution in [3.63, 3.8) is 0 Å². The third kappa shape index (κ3) is 4.70. The van der Waals surface area contributed by atoms with Crippen LogP contribution in [0.15, 0.2) is 0 Å². The first-order valence-corrected chi connectivity index (χ1v) is 8.27. The fourth-order valence-corrected chi connectivity index (χ4v) is 3.66. The number of carbonyl (C=O) groups excluding carboxylic acids is 2. The van der Waals surface area contributed by atoms with Gasteiger partial charge in [-0.25, -0.2) is 0 Å². The lowest BCUT2D eigenvalue weighted by Crippen LogP contribution is -2.53. The number of amides is 2. The Morgan fingerprint density at radius 2 is 1.76 bits per heavy atom. The lowest BCUT2D eigenvalue weighted by molar-refractivity contribution is -0.130. The van der Waals surface area contributed by atoms with Crippen LogP contribution in [0.2, 0.25) is 0 Å². The molecule has 2 rings (SSSR count). The van der Waals surface area contributed by atoms with Gasteiger partial charge in [0.05, 0.1) is 5.60 Å². The van der Waals surface area contributed by atoms with Gasteiger partial charge < -0.3 is 15.7 Å². The lowest BCUT2D eigenvalue weighted by Gasteiger charge is -2.33. The minimum absolute atomic E-state index is 0.143. The van der Waals surface area contributed by atoms with E-state index in [9.17, 15) is 14.7 Å². The molecule has 5 nitrogen and oxygen atoms in total. The van der Waals surface area contributed by atoms with Gasteiger partial charge >= 0.3 is 0 Å².